The van der Waals surface area contributed by atoms with Crippen LogP contribution >= 0.6 is 0 Å². The van der Waals surface area contributed by atoms with Crippen molar-refractivity contribution in [2.24, 2.45) is 11.5 Å². The quantitative estimate of drug-likeness (QED) is 0.734. The molecule has 1 aliphatic heterocycles. The van der Waals surface area contributed by atoms with Gasteiger partial charge in [0.1, 0.15) is 0 Å². The Morgan fingerprint density at radius 2 is 1.47 bits per heavy atom. The van der Waals surface area contributed by atoms with Gasteiger partial charge in [0.05, 0.1) is 12.5 Å². The first-order valence-corrected chi connectivity index (χ1v) is 6.85. The van der Waals surface area contributed by atoms with Crippen molar-refractivity contribution in [1.82, 2.24) is 9.80 Å². The molecule has 1 heterocycles. The molecular weight excluding hydrogens is 212 g/mol. The molecule has 4 heteroatoms. The Labute approximate surface area is 106 Å². The molecular formula is C13H28N4. The van der Waals surface area contributed by atoms with E-state index in [1.807, 2.05) is 0 Å². The van der Waals surface area contributed by atoms with Gasteiger partial charge in [0.25, 0.3) is 0 Å². The van der Waals surface area contributed by atoms with Gasteiger partial charge in [0.2, 0.25) is 0 Å². The first kappa shape index (κ1) is 14.3. The second-order valence-corrected chi connectivity index (χ2v) is 5.01. The summed E-state index contributed by atoms with van der Waals surface area (Å²) in [4.78, 5) is 4.91. The highest BCUT2D eigenvalue weighted by atomic mass is 15.3. The van der Waals surface area contributed by atoms with Crippen LogP contribution in [0.1, 0.15) is 39.5 Å². The second kappa shape index (κ2) is 7.56. The Kier molecular flexibility index (Phi) is 6.37. The maximum atomic E-state index is 5.75. The summed E-state index contributed by atoms with van der Waals surface area (Å²) in [5, 5.41) is 0. The molecule has 0 aromatic rings. The predicted molar refractivity (Wildman–Crippen MR) is 73.2 cm³/mol. The summed E-state index contributed by atoms with van der Waals surface area (Å²) >= 11 is 0. The highest BCUT2D eigenvalue weighted by Crippen LogP contribution is 2.13. The van der Waals surface area contributed by atoms with Gasteiger partial charge >= 0.3 is 0 Å². The van der Waals surface area contributed by atoms with E-state index < -0.39 is 0 Å². The lowest BCUT2D eigenvalue weighted by molar-refractivity contribution is 0.113. The molecule has 0 amide bonds. The van der Waals surface area contributed by atoms with Crippen molar-refractivity contribution >= 4 is 0 Å². The van der Waals surface area contributed by atoms with Crippen LogP contribution in [0.25, 0.3) is 0 Å². The lowest BCUT2D eigenvalue weighted by Crippen LogP contribution is -2.47. The Morgan fingerprint density at radius 3 is 1.82 bits per heavy atom. The van der Waals surface area contributed by atoms with Crippen LogP contribution in [0.5, 0.6) is 0 Å². The van der Waals surface area contributed by atoms with Crippen LogP contribution in [0.3, 0.4) is 0 Å². The van der Waals surface area contributed by atoms with Crippen LogP contribution in [0.4, 0.5) is 0 Å². The third-order valence-electron chi connectivity index (χ3n) is 3.29. The molecule has 0 aliphatic carbocycles. The molecule has 4 N–H and O–H groups in total. The Bertz CT molecular complexity index is 228. The Balaban J connectivity index is 2.53. The number of hydrogen-bond donors (Lipinski definition) is 2. The summed E-state index contributed by atoms with van der Waals surface area (Å²) in [6.45, 7) is 9.72. The van der Waals surface area contributed by atoms with Crippen molar-refractivity contribution in [2.45, 2.75) is 39.5 Å². The summed E-state index contributed by atoms with van der Waals surface area (Å²) < 4.78 is 0. The lowest BCUT2D eigenvalue weighted by Gasteiger charge is -2.37. The zero-order chi connectivity index (χ0) is 12.7. The molecule has 1 saturated heterocycles. The fourth-order valence-corrected chi connectivity index (χ4v) is 2.22. The van der Waals surface area contributed by atoms with E-state index in [0.29, 0.717) is 5.82 Å². The van der Waals surface area contributed by atoms with Gasteiger partial charge in [0, 0.05) is 13.1 Å². The fraction of sp³-hybridized carbons (Fsp3) is 0.846. The minimum atomic E-state index is 0.521. The normalized spacial score (nSPS) is 18.6. The molecule has 0 unspecified atom stereocenters. The largest absolute Gasteiger partial charge is 0.386 e. The van der Waals surface area contributed by atoms with E-state index in [0.717, 1.165) is 32.8 Å². The van der Waals surface area contributed by atoms with Crippen LogP contribution in [-0.2, 0) is 0 Å². The van der Waals surface area contributed by atoms with Gasteiger partial charge in [0.15, 0.2) is 0 Å². The topological polar surface area (TPSA) is 58.5 Å². The van der Waals surface area contributed by atoms with Gasteiger partial charge in [-0.3, -0.25) is 9.80 Å². The molecule has 1 fully saturated rings. The van der Waals surface area contributed by atoms with E-state index >= 15 is 0 Å². The average molecular weight is 240 g/mol. The molecule has 4 nitrogen and oxygen atoms in total. The molecule has 0 aromatic heterocycles. The highest BCUT2D eigenvalue weighted by Gasteiger charge is 2.21. The van der Waals surface area contributed by atoms with Gasteiger partial charge in [-0.2, -0.15) is 0 Å². The molecule has 1 aliphatic rings. The average Bonchev–Trinajstić information content (AvgIpc) is 2.33. The smallest absolute Gasteiger partial charge is 0.0951 e. The third kappa shape index (κ3) is 4.96. The molecule has 100 valence electrons. The van der Waals surface area contributed by atoms with E-state index in [9.17, 15) is 0 Å². The number of hydrogen-bond acceptors (Lipinski definition) is 4. The molecule has 0 atom stereocenters. The summed E-state index contributed by atoms with van der Waals surface area (Å²) in [6, 6.07) is 0. The van der Waals surface area contributed by atoms with Crippen molar-refractivity contribution < 1.29 is 0 Å². The summed E-state index contributed by atoms with van der Waals surface area (Å²) in [5.41, 5.74) is 12.7. The molecule has 0 bridgehead atoms. The third-order valence-corrected chi connectivity index (χ3v) is 3.29. The zero-order valence-electron chi connectivity index (χ0n) is 11.4. The van der Waals surface area contributed by atoms with Crippen molar-refractivity contribution in [3.05, 3.63) is 11.4 Å². The van der Waals surface area contributed by atoms with Crippen molar-refractivity contribution in [3.8, 4) is 0 Å². The van der Waals surface area contributed by atoms with Crippen molar-refractivity contribution in [2.75, 3.05) is 32.8 Å². The molecule has 0 saturated carbocycles. The van der Waals surface area contributed by atoms with Crippen molar-refractivity contribution in [3.63, 3.8) is 0 Å². The van der Waals surface area contributed by atoms with Crippen LogP contribution in [-0.4, -0.2) is 42.6 Å². The molecule has 1 rings (SSSR count). The monoisotopic (exact) mass is 240 g/mol. The minimum Gasteiger partial charge on any atom is -0.386 e. The van der Waals surface area contributed by atoms with Gasteiger partial charge in [-0.1, -0.05) is 26.7 Å². The number of nitrogens with zero attached hydrogens (tertiary/aromatic N) is 2. The van der Waals surface area contributed by atoms with E-state index in [2.05, 4.69) is 23.6 Å². The maximum absolute atomic E-state index is 5.75. The molecule has 0 radical (unpaired) electrons. The number of rotatable bonds is 6. The van der Waals surface area contributed by atoms with Gasteiger partial charge in [-0.25, -0.2) is 0 Å². The molecule has 0 aromatic carbocycles. The Morgan fingerprint density at radius 1 is 1.00 bits per heavy atom. The van der Waals surface area contributed by atoms with Crippen LogP contribution in [0, 0.1) is 0 Å². The first-order chi connectivity index (χ1) is 8.17. The van der Waals surface area contributed by atoms with Crippen LogP contribution in [0.2, 0.25) is 0 Å². The van der Waals surface area contributed by atoms with Gasteiger partial charge in [-0.05, 0) is 31.5 Å². The van der Waals surface area contributed by atoms with Crippen LogP contribution in [0.15, 0.2) is 11.4 Å². The lowest BCUT2D eigenvalue weighted by atomic mass is 10.1. The van der Waals surface area contributed by atoms with Gasteiger partial charge < -0.3 is 11.5 Å². The SMILES string of the molecule is CCCCN1CC(=C(N)N)CN(CCCC)C1. The fourth-order valence-electron chi connectivity index (χ4n) is 2.22. The first-order valence-electron chi connectivity index (χ1n) is 6.85. The Hall–Kier alpha value is -0.740. The van der Waals surface area contributed by atoms with Crippen molar-refractivity contribution in [1.29, 1.82) is 0 Å². The highest BCUT2D eigenvalue weighted by molar-refractivity contribution is 5.14. The van der Waals surface area contributed by atoms with E-state index in [1.165, 1.54) is 31.3 Å². The molecule has 0 spiro atoms. The molecule has 17 heavy (non-hydrogen) atoms. The minimum absolute atomic E-state index is 0.521. The number of nitrogens with two attached hydrogens (primary N) is 2. The summed E-state index contributed by atoms with van der Waals surface area (Å²) in [7, 11) is 0. The predicted octanol–water partition coefficient (Wildman–Crippen LogP) is 1.29. The number of unbranched alkanes of at least 4 members (excludes halogenated alkanes) is 2. The standard InChI is InChI=1S/C13H28N4/c1-3-5-7-16-9-12(13(14)15)10-17(11-16)8-6-4-2/h3-11,14-15H2,1-2H3. The van der Waals surface area contributed by atoms with E-state index in [1.54, 1.807) is 0 Å². The second-order valence-electron chi connectivity index (χ2n) is 5.01. The maximum Gasteiger partial charge on any atom is 0.0951 e. The van der Waals surface area contributed by atoms with E-state index in [-0.39, 0.29) is 0 Å². The zero-order valence-corrected chi connectivity index (χ0v) is 11.4. The summed E-state index contributed by atoms with van der Waals surface area (Å²) in [6.07, 6.45) is 4.98. The van der Waals surface area contributed by atoms with Gasteiger partial charge in [-0.15, -0.1) is 0 Å². The summed E-state index contributed by atoms with van der Waals surface area (Å²) in [5.74, 6) is 0.521. The van der Waals surface area contributed by atoms with E-state index in [4.69, 9.17) is 11.5 Å². The van der Waals surface area contributed by atoms with Crippen LogP contribution < -0.4 is 11.5 Å².